The molecule has 1 aromatic rings. The maximum absolute atomic E-state index is 12.2. The van der Waals surface area contributed by atoms with E-state index in [1.165, 1.54) is 6.92 Å². The van der Waals surface area contributed by atoms with Crippen molar-refractivity contribution in [2.45, 2.75) is 6.92 Å². The van der Waals surface area contributed by atoms with Gasteiger partial charge in [0.1, 0.15) is 0 Å². The Labute approximate surface area is 60.9 Å². The third kappa shape index (κ3) is 1.77. The molecule has 0 aliphatic heterocycles. The Morgan fingerprint density at radius 2 is 2.60 bits per heavy atom. The van der Waals surface area contributed by atoms with E-state index in [1.54, 1.807) is 0 Å². The molecular weight excluding hydrogens is 155 g/mol. The maximum atomic E-state index is 12.2. The van der Waals surface area contributed by atoms with Crippen molar-refractivity contribution >= 4 is 22.4 Å². The van der Waals surface area contributed by atoms with Crippen LogP contribution in [0.4, 0.5) is 9.52 Å². The van der Waals surface area contributed by atoms with Gasteiger partial charge in [-0.1, -0.05) is 11.3 Å². The number of amides is 1. The summed E-state index contributed by atoms with van der Waals surface area (Å²) >= 11 is 0.806. The van der Waals surface area contributed by atoms with Crippen LogP contribution in [0.25, 0.3) is 0 Å². The zero-order chi connectivity index (χ0) is 7.56. The number of carbonyl (C=O) groups excluding carboxylic acids is 1. The van der Waals surface area contributed by atoms with Gasteiger partial charge < -0.3 is 5.32 Å². The van der Waals surface area contributed by atoms with Crippen molar-refractivity contribution in [2.75, 3.05) is 5.32 Å². The highest BCUT2D eigenvalue weighted by Crippen LogP contribution is 2.14. The van der Waals surface area contributed by atoms with Crippen molar-refractivity contribution in [3.05, 3.63) is 11.3 Å². The van der Waals surface area contributed by atoms with Crippen LogP contribution in [0.2, 0.25) is 0 Å². The first-order valence-electron chi connectivity index (χ1n) is 2.57. The highest BCUT2D eigenvalue weighted by molar-refractivity contribution is 7.14. The molecular formula is C5H5FN2OS. The van der Waals surface area contributed by atoms with Crippen molar-refractivity contribution in [3.8, 4) is 0 Å². The van der Waals surface area contributed by atoms with Crippen LogP contribution in [-0.4, -0.2) is 10.9 Å². The van der Waals surface area contributed by atoms with E-state index < -0.39 is 5.13 Å². The lowest BCUT2D eigenvalue weighted by atomic mass is 10.7. The molecule has 0 atom stereocenters. The lowest BCUT2D eigenvalue weighted by molar-refractivity contribution is -0.114. The Hall–Kier alpha value is -0.970. The Balaban J connectivity index is 2.67. The molecule has 1 N–H and O–H groups in total. The van der Waals surface area contributed by atoms with E-state index >= 15 is 0 Å². The van der Waals surface area contributed by atoms with Crippen LogP contribution in [0.1, 0.15) is 6.92 Å². The van der Waals surface area contributed by atoms with Gasteiger partial charge in [0.05, 0.1) is 6.20 Å². The lowest BCUT2D eigenvalue weighted by Gasteiger charge is -1.90. The topological polar surface area (TPSA) is 42.0 Å². The smallest absolute Gasteiger partial charge is 0.223 e. The van der Waals surface area contributed by atoms with Gasteiger partial charge in [0, 0.05) is 6.92 Å². The molecule has 1 amide bonds. The molecule has 54 valence electrons. The number of hydrogen-bond donors (Lipinski definition) is 1. The van der Waals surface area contributed by atoms with Gasteiger partial charge in [-0.2, -0.15) is 4.39 Å². The van der Waals surface area contributed by atoms with E-state index in [9.17, 15) is 9.18 Å². The minimum absolute atomic E-state index is 0.241. The molecule has 5 heteroatoms. The number of thiazole rings is 1. The summed E-state index contributed by atoms with van der Waals surface area (Å²) in [5, 5.41) is 2.25. The normalized spacial score (nSPS) is 9.40. The highest BCUT2D eigenvalue weighted by atomic mass is 32.1. The van der Waals surface area contributed by atoms with Crippen LogP contribution in [0.3, 0.4) is 0 Å². The third-order valence-corrected chi connectivity index (χ3v) is 1.46. The number of nitrogens with zero attached hydrogens (tertiary/aromatic N) is 1. The molecule has 0 bridgehead atoms. The molecule has 1 aromatic heterocycles. The minimum Gasteiger partial charge on any atom is -0.302 e. The zero-order valence-electron chi connectivity index (χ0n) is 5.22. The first kappa shape index (κ1) is 7.14. The van der Waals surface area contributed by atoms with Crippen molar-refractivity contribution in [3.63, 3.8) is 0 Å². The average molecular weight is 160 g/mol. The summed E-state index contributed by atoms with van der Waals surface area (Å²) in [5.41, 5.74) is 0. The summed E-state index contributed by atoms with van der Waals surface area (Å²) in [6.07, 6.45) is 1.07. The summed E-state index contributed by atoms with van der Waals surface area (Å²) in [6.45, 7) is 1.35. The fourth-order valence-corrected chi connectivity index (χ4v) is 1.05. The summed E-state index contributed by atoms with van der Waals surface area (Å²) in [4.78, 5) is 13.9. The molecule has 1 rings (SSSR count). The van der Waals surface area contributed by atoms with E-state index in [4.69, 9.17) is 0 Å². The van der Waals surface area contributed by atoms with E-state index in [-0.39, 0.29) is 5.91 Å². The first-order valence-corrected chi connectivity index (χ1v) is 3.39. The van der Waals surface area contributed by atoms with Crippen molar-refractivity contribution in [1.29, 1.82) is 0 Å². The highest BCUT2D eigenvalue weighted by Gasteiger charge is 2.00. The largest absolute Gasteiger partial charge is 0.302 e. The summed E-state index contributed by atoms with van der Waals surface area (Å²) in [5.74, 6) is -0.241. The molecule has 10 heavy (non-hydrogen) atoms. The molecule has 0 unspecified atom stereocenters. The van der Waals surface area contributed by atoms with Crippen molar-refractivity contribution in [2.24, 2.45) is 0 Å². The predicted octanol–water partition coefficient (Wildman–Crippen LogP) is 1.24. The monoisotopic (exact) mass is 160 g/mol. The van der Waals surface area contributed by atoms with Crippen LogP contribution in [0.5, 0.6) is 0 Å². The van der Waals surface area contributed by atoms with Crippen molar-refractivity contribution < 1.29 is 9.18 Å². The second-order valence-corrected chi connectivity index (χ2v) is 2.63. The Morgan fingerprint density at radius 1 is 1.90 bits per heavy atom. The molecule has 3 nitrogen and oxygen atoms in total. The van der Waals surface area contributed by atoms with Crippen molar-refractivity contribution in [1.82, 2.24) is 4.98 Å². The number of nitrogens with one attached hydrogen (secondary N) is 1. The molecule has 0 aliphatic carbocycles. The molecule has 0 spiro atoms. The fourth-order valence-electron chi connectivity index (χ4n) is 0.463. The second kappa shape index (κ2) is 2.74. The molecule has 0 aliphatic rings. The van der Waals surface area contributed by atoms with Crippen LogP contribution in [0.15, 0.2) is 6.20 Å². The molecule has 0 saturated heterocycles. The fraction of sp³-hybridized carbons (Fsp3) is 0.200. The molecule has 0 saturated carbocycles. The van der Waals surface area contributed by atoms with Gasteiger partial charge in [-0.15, -0.1) is 0 Å². The SMILES string of the molecule is CC(=O)Nc1ncc(F)s1. The second-order valence-electron chi connectivity index (χ2n) is 1.65. The average Bonchev–Trinajstić information content (AvgIpc) is 2.13. The Bertz CT molecular complexity index is 248. The number of anilines is 1. The minimum atomic E-state index is -0.399. The van der Waals surface area contributed by atoms with Crippen LogP contribution in [0, 0.1) is 5.13 Å². The third-order valence-electron chi connectivity index (χ3n) is 0.760. The molecule has 0 radical (unpaired) electrons. The number of hydrogen-bond acceptors (Lipinski definition) is 3. The van der Waals surface area contributed by atoms with Gasteiger partial charge in [-0.3, -0.25) is 4.79 Å². The molecule has 0 aromatic carbocycles. The summed E-state index contributed by atoms with van der Waals surface area (Å²) in [6, 6.07) is 0. The van der Waals surface area contributed by atoms with Gasteiger partial charge in [0.15, 0.2) is 10.3 Å². The van der Waals surface area contributed by atoms with E-state index in [0.29, 0.717) is 5.13 Å². The van der Waals surface area contributed by atoms with E-state index in [2.05, 4.69) is 10.3 Å². The molecule has 1 heterocycles. The maximum Gasteiger partial charge on any atom is 0.223 e. The van der Waals surface area contributed by atoms with Crippen LogP contribution in [-0.2, 0) is 4.79 Å². The van der Waals surface area contributed by atoms with Gasteiger partial charge in [-0.05, 0) is 0 Å². The lowest BCUT2D eigenvalue weighted by Crippen LogP contribution is -2.04. The predicted molar refractivity (Wildman–Crippen MR) is 36.4 cm³/mol. The van der Waals surface area contributed by atoms with Gasteiger partial charge in [-0.25, -0.2) is 4.98 Å². The standard InChI is InChI=1S/C5H5FN2OS/c1-3(9)8-5-7-2-4(6)10-5/h2H,1H3,(H,7,8,9). The quantitative estimate of drug-likeness (QED) is 0.671. The zero-order valence-corrected chi connectivity index (χ0v) is 6.04. The molecule has 0 fully saturated rings. The number of rotatable bonds is 1. The summed E-state index contributed by atoms with van der Waals surface area (Å²) in [7, 11) is 0. The Kier molecular flexibility index (Phi) is 1.96. The van der Waals surface area contributed by atoms with Gasteiger partial charge in [0.25, 0.3) is 0 Å². The van der Waals surface area contributed by atoms with Gasteiger partial charge in [0.2, 0.25) is 5.91 Å². The van der Waals surface area contributed by atoms with E-state index in [1.807, 2.05) is 0 Å². The Morgan fingerprint density at radius 3 is 3.00 bits per heavy atom. The van der Waals surface area contributed by atoms with Crippen LogP contribution < -0.4 is 5.32 Å². The number of aromatic nitrogens is 1. The van der Waals surface area contributed by atoms with Crippen LogP contribution >= 0.6 is 11.3 Å². The number of halogens is 1. The first-order chi connectivity index (χ1) is 4.68. The number of carbonyl (C=O) groups is 1. The summed E-state index contributed by atoms with van der Waals surface area (Å²) < 4.78 is 12.2. The van der Waals surface area contributed by atoms with E-state index in [0.717, 1.165) is 17.5 Å². The van der Waals surface area contributed by atoms with Gasteiger partial charge >= 0.3 is 0 Å².